The zero-order valence-electron chi connectivity index (χ0n) is 8.59. The van der Waals surface area contributed by atoms with Crippen LogP contribution in [0, 0.1) is 0 Å². The minimum absolute atomic E-state index is 0.133. The maximum Gasteiger partial charge on any atom is 0.337 e. The lowest BCUT2D eigenvalue weighted by atomic mass is 10.3. The van der Waals surface area contributed by atoms with E-state index in [1.54, 1.807) is 6.07 Å². The van der Waals surface area contributed by atoms with E-state index in [0.29, 0.717) is 13.2 Å². The molecule has 5 heteroatoms. The number of carboxylic acids is 1. The molecule has 84 valence electrons. The van der Waals surface area contributed by atoms with Gasteiger partial charge in [0, 0.05) is 19.0 Å². The number of carboxylic acid groups (broad SMARTS) is 1. The SMILES string of the molecule is CCOCCO.O=C(O)c1cccnc1. The number of hydrogen-bond donors (Lipinski definition) is 2. The first-order chi connectivity index (χ1) is 7.22. The van der Waals surface area contributed by atoms with Gasteiger partial charge in [-0.3, -0.25) is 4.98 Å². The summed E-state index contributed by atoms with van der Waals surface area (Å²) < 4.78 is 4.73. The molecule has 0 saturated carbocycles. The van der Waals surface area contributed by atoms with Crippen LogP contribution in [0.15, 0.2) is 24.5 Å². The van der Waals surface area contributed by atoms with E-state index in [2.05, 4.69) is 4.98 Å². The minimum atomic E-state index is -0.942. The highest BCUT2D eigenvalue weighted by Crippen LogP contribution is 1.92. The molecule has 1 aromatic rings. The molecule has 0 spiro atoms. The van der Waals surface area contributed by atoms with Gasteiger partial charge in [-0.25, -0.2) is 4.79 Å². The number of aromatic nitrogens is 1. The average Bonchev–Trinajstić information content (AvgIpc) is 2.28. The van der Waals surface area contributed by atoms with Crippen molar-refractivity contribution in [3.05, 3.63) is 30.1 Å². The number of carbonyl (C=O) groups is 1. The summed E-state index contributed by atoms with van der Waals surface area (Å²) in [6.45, 7) is 3.20. The van der Waals surface area contributed by atoms with Gasteiger partial charge in [-0.2, -0.15) is 0 Å². The van der Waals surface area contributed by atoms with Crippen molar-refractivity contribution in [2.45, 2.75) is 6.92 Å². The standard InChI is InChI=1S/C6H5NO2.C4H10O2/c8-6(9)5-2-1-3-7-4-5;1-2-6-4-3-5/h1-4H,(H,8,9);5H,2-4H2,1H3. The van der Waals surface area contributed by atoms with Crippen molar-refractivity contribution in [2.75, 3.05) is 19.8 Å². The highest BCUT2D eigenvalue weighted by atomic mass is 16.5. The lowest BCUT2D eigenvalue weighted by Crippen LogP contribution is -1.96. The second kappa shape index (κ2) is 9.11. The molecule has 0 amide bonds. The molecule has 0 aliphatic carbocycles. The molecule has 0 aliphatic heterocycles. The summed E-state index contributed by atoms with van der Waals surface area (Å²) in [6, 6.07) is 3.08. The van der Waals surface area contributed by atoms with Crippen molar-refractivity contribution in [1.29, 1.82) is 0 Å². The van der Waals surface area contributed by atoms with Crippen molar-refractivity contribution in [1.82, 2.24) is 4.98 Å². The van der Waals surface area contributed by atoms with Crippen LogP contribution in [-0.4, -0.2) is 41.0 Å². The summed E-state index contributed by atoms with van der Waals surface area (Å²) in [5, 5.41) is 16.4. The van der Waals surface area contributed by atoms with Gasteiger partial charge < -0.3 is 14.9 Å². The molecule has 0 fully saturated rings. The van der Waals surface area contributed by atoms with E-state index in [4.69, 9.17) is 14.9 Å². The fourth-order valence-electron chi connectivity index (χ4n) is 0.698. The lowest BCUT2D eigenvalue weighted by Gasteiger charge is -1.91. The monoisotopic (exact) mass is 213 g/mol. The van der Waals surface area contributed by atoms with E-state index < -0.39 is 5.97 Å². The molecule has 0 atom stereocenters. The van der Waals surface area contributed by atoms with Crippen LogP contribution in [-0.2, 0) is 4.74 Å². The third-order valence-corrected chi connectivity index (χ3v) is 1.35. The Balaban J connectivity index is 0.000000288. The van der Waals surface area contributed by atoms with Crippen LogP contribution in [0.25, 0.3) is 0 Å². The molecule has 0 unspecified atom stereocenters. The maximum absolute atomic E-state index is 10.2. The molecule has 0 bridgehead atoms. The smallest absolute Gasteiger partial charge is 0.337 e. The van der Waals surface area contributed by atoms with E-state index >= 15 is 0 Å². The van der Waals surface area contributed by atoms with Crippen LogP contribution in [0.2, 0.25) is 0 Å². The summed E-state index contributed by atoms with van der Waals surface area (Å²) in [4.78, 5) is 13.8. The van der Waals surface area contributed by atoms with Gasteiger partial charge in [-0.05, 0) is 19.1 Å². The van der Waals surface area contributed by atoms with Crippen LogP contribution in [0.5, 0.6) is 0 Å². The van der Waals surface area contributed by atoms with Crippen molar-refractivity contribution >= 4 is 5.97 Å². The number of aromatic carboxylic acids is 1. The van der Waals surface area contributed by atoms with Crippen molar-refractivity contribution in [3.8, 4) is 0 Å². The van der Waals surface area contributed by atoms with Crippen LogP contribution in [0.1, 0.15) is 17.3 Å². The quantitative estimate of drug-likeness (QED) is 0.723. The molecule has 1 aromatic heterocycles. The molecule has 0 aromatic carbocycles. The highest BCUT2D eigenvalue weighted by Gasteiger charge is 1.97. The lowest BCUT2D eigenvalue weighted by molar-refractivity contribution is 0.0696. The van der Waals surface area contributed by atoms with Crippen molar-refractivity contribution < 1.29 is 19.7 Å². The van der Waals surface area contributed by atoms with E-state index in [0.717, 1.165) is 0 Å². The summed E-state index contributed by atoms with van der Waals surface area (Å²) in [5.74, 6) is -0.942. The van der Waals surface area contributed by atoms with Gasteiger partial charge in [-0.15, -0.1) is 0 Å². The zero-order chi connectivity index (χ0) is 11.5. The van der Waals surface area contributed by atoms with Gasteiger partial charge in [0.05, 0.1) is 18.8 Å². The Bertz CT molecular complexity index is 259. The van der Waals surface area contributed by atoms with Gasteiger partial charge in [0.25, 0.3) is 0 Å². The van der Waals surface area contributed by atoms with Crippen molar-refractivity contribution in [3.63, 3.8) is 0 Å². The van der Waals surface area contributed by atoms with Gasteiger partial charge in [-0.1, -0.05) is 0 Å². The Labute approximate surface area is 88.3 Å². The third kappa shape index (κ3) is 7.60. The molecule has 5 nitrogen and oxygen atoms in total. The van der Waals surface area contributed by atoms with E-state index in [1.807, 2.05) is 6.92 Å². The van der Waals surface area contributed by atoms with Gasteiger partial charge >= 0.3 is 5.97 Å². The largest absolute Gasteiger partial charge is 0.478 e. The number of ether oxygens (including phenoxy) is 1. The maximum atomic E-state index is 10.2. The number of nitrogens with zero attached hydrogens (tertiary/aromatic N) is 1. The molecule has 15 heavy (non-hydrogen) atoms. The summed E-state index contributed by atoms with van der Waals surface area (Å²) in [5.41, 5.74) is 0.220. The molecule has 0 radical (unpaired) electrons. The van der Waals surface area contributed by atoms with E-state index in [-0.39, 0.29) is 12.2 Å². The first-order valence-electron chi connectivity index (χ1n) is 4.54. The molecular weight excluding hydrogens is 198 g/mol. The second-order valence-corrected chi connectivity index (χ2v) is 2.47. The molecule has 0 saturated heterocycles. The first-order valence-corrected chi connectivity index (χ1v) is 4.54. The summed E-state index contributed by atoms with van der Waals surface area (Å²) >= 11 is 0. The number of pyridine rings is 1. The predicted octanol–water partition coefficient (Wildman–Crippen LogP) is 0.795. The Morgan fingerprint density at radius 2 is 2.33 bits per heavy atom. The number of aliphatic hydroxyl groups is 1. The predicted molar refractivity (Wildman–Crippen MR) is 54.8 cm³/mol. The Morgan fingerprint density at radius 1 is 1.60 bits per heavy atom. The van der Waals surface area contributed by atoms with Crippen LogP contribution >= 0.6 is 0 Å². The van der Waals surface area contributed by atoms with Crippen LogP contribution in [0.4, 0.5) is 0 Å². The Hall–Kier alpha value is -1.46. The van der Waals surface area contributed by atoms with Crippen LogP contribution < -0.4 is 0 Å². The second-order valence-electron chi connectivity index (χ2n) is 2.47. The number of aliphatic hydroxyl groups excluding tert-OH is 1. The van der Waals surface area contributed by atoms with Crippen molar-refractivity contribution in [2.24, 2.45) is 0 Å². The Morgan fingerprint density at radius 3 is 2.60 bits per heavy atom. The van der Waals surface area contributed by atoms with E-state index in [9.17, 15) is 4.79 Å². The van der Waals surface area contributed by atoms with Gasteiger partial charge in [0.2, 0.25) is 0 Å². The molecule has 1 heterocycles. The topological polar surface area (TPSA) is 79.7 Å². The van der Waals surface area contributed by atoms with Crippen LogP contribution in [0.3, 0.4) is 0 Å². The number of rotatable bonds is 4. The van der Waals surface area contributed by atoms with E-state index in [1.165, 1.54) is 18.5 Å². The Kier molecular flexibility index (Phi) is 8.22. The van der Waals surface area contributed by atoms with Gasteiger partial charge in [0.15, 0.2) is 0 Å². The fourth-order valence-corrected chi connectivity index (χ4v) is 0.698. The minimum Gasteiger partial charge on any atom is -0.478 e. The molecule has 0 aliphatic rings. The number of hydrogen-bond acceptors (Lipinski definition) is 4. The third-order valence-electron chi connectivity index (χ3n) is 1.35. The molecule has 2 N–H and O–H groups in total. The molecule has 1 rings (SSSR count). The first kappa shape index (κ1) is 13.5. The van der Waals surface area contributed by atoms with Gasteiger partial charge in [0.1, 0.15) is 0 Å². The molecular formula is C10H15NO4. The summed E-state index contributed by atoms with van der Waals surface area (Å²) in [7, 11) is 0. The highest BCUT2D eigenvalue weighted by molar-refractivity contribution is 5.86. The zero-order valence-corrected chi connectivity index (χ0v) is 8.59. The summed E-state index contributed by atoms with van der Waals surface area (Å²) in [6.07, 6.45) is 2.84. The average molecular weight is 213 g/mol. The normalized spacial score (nSPS) is 8.93. The fraction of sp³-hybridized carbons (Fsp3) is 0.400.